The zero-order valence-corrected chi connectivity index (χ0v) is 16.9. The van der Waals surface area contributed by atoms with Gasteiger partial charge in [-0.25, -0.2) is 4.79 Å². The lowest BCUT2D eigenvalue weighted by Crippen LogP contribution is -2.39. The third-order valence-electron chi connectivity index (χ3n) is 5.01. The lowest BCUT2D eigenvalue weighted by Gasteiger charge is -2.28. The number of nitrogens with one attached hydrogen (secondary N) is 1. The van der Waals surface area contributed by atoms with Crippen LogP contribution in [0.5, 0.6) is 5.75 Å². The Morgan fingerprint density at radius 1 is 0.900 bits per heavy atom. The van der Waals surface area contributed by atoms with Crippen LogP contribution in [0.2, 0.25) is 0 Å². The van der Waals surface area contributed by atoms with Crippen LogP contribution < -0.4 is 10.1 Å². The number of amides is 1. The second-order valence-corrected chi connectivity index (χ2v) is 7.42. The molecule has 1 amide bonds. The van der Waals surface area contributed by atoms with Gasteiger partial charge in [-0.2, -0.15) is 0 Å². The highest BCUT2D eigenvalue weighted by Crippen LogP contribution is 2.23. The smallest absolute Gasteiger partial charge is 0.431 e. The van der Waals surface area contributed by atoms with E-state index < -0.39 is 6.16 Å². The zero-order valence-electron chi connectivity index (χ0n) is 16.9. The third-order valence-corrected chi connectivity index (χ3v) is 5.01. The number of hydrogen-bond donors (Lipinski definition) is 1. The summed E-state index contributed by atoms with van der Waals surface area (Å²) in [5.41, 5.74) is 1.59. The average molecular weight is 407 g/mol. The van der Waals surface area contributed by atoms with Crippen LogP contribution in [0.1, 0.15) is 48.5 Å². The zero-order chi connectivity index (χ0) is 21.5. The maximum Gasteiger partial charge on any atom is 0.514 e. The van der Waals surface area contributed by atoms with Crippen LogP contribution >= 0.6 is 0 Å². The van der Waals surface area contributed by atoms with E-state index >= 15 is 0 Å². The van der Waals surface area contributed by atoms with E-state index in [1.54, 1.807) is 43.3 Å². The van der Waals surface area contributed by atoms with E-state index in [4.69, 9.17) is 9.47 Å². The summed E-state index contributed by atoms with van der Waals surface area (Å²) in [6, 6.07) is 15.4. The molecule has 0 aliphatic heterocycles. The normalized spacial score (nSPS) is 18.2. The molecule has 0 unspecified atom stereocenters. The van der Waals surface area contributed by atoms with Gasteiger partial charge >= 0.3 is 6.16 Å². The van der Waals surface area contributed by atoms with E-state index in [9.17, 15) is 14.4 Å². The number of ether oxygens (including phenoxy) is 2. The maximum absolute atomic E-state index is 12.4. The predicted molar refractivity (Wildman–Crippen MR) is 112 cm³/mol. The van der Waals surface area contributed by atoms with Gasteiger partial charge in [0.05, 0.1) is 0 Å². The van der Waals surface area contributed by atoms with Crippen molar-refractivity contribution in [3.8, 4) is 5.75 Å². The molecule has 0 radical (unpaired) electrons. The molecule has 6 heteroatoms. The molecule has 2 aromatic rings. The van der Waals surface area contributed by atoms with Crippen molar-refractivity contribution < 1.29 is 23.9 Å². The summed E-state index contributed by atoms with van der Waals surface area (Å²) in [5, 5.41) is 2.92. The molecule has 0 bridgehead atoms. The molecule has 0 atom stereocenters. The SMILES string of the molecule is C=C(C)C(=O)NC1CCC(OC(=O)Oc2ccc(C(=O)c3ccccc3)cc2)CC1. The van der Waals surface area contributed by atoms with E-state index in [1.165, 1.54) is 0 Å². The first-order chi connectivity index (χ1) is 14.4. The van der Waals surface area contributed by atoms with Gasteiger partial charge in [-0.05, 0) is 56.9 Å². The Morgan fingerprint density at radius 3 is 2.10 bits per heavy atom. The number of ketones is 1. The summed E-state index contributed by atoms with van der Waals surface area (Å²) in [5.74, 6) is 0.0696. The first-order valence-electron chi connectivity index (χ1n) is 9.97. The quantitative estimate of drug-likeness (QED) is 0.331. The Balaban J connectivity index is 1.46. The Labute approximate surface area is 175 Å². The molecule has 0 saturated heterocycles. The lowest BCUT2D eigenvalue weighted by molar-refractivity contribution is -0.118. The van der Waals surface area contributed by atoms with E-state index in [-0.39, 0.29) is 23.8 Å². The summed E-state index contributed by atoms with van der Waals surface area (Å²) in [7, 11) is 0. The number of rotatable bonds is 6. The van der Waals surface area contributed by atoms with E-state index in [2.05, 4.69) is 11.9 Å². The predicted octanol–water partition coefficient (Wildman–Crippen LogP) is 4.44. The molecule has 30 heavy (non-hydrogen) atoms. The third kappa shape index (κ3) is 5.80. The summed E-state index contributed by atoms with van der Waals surface area (Å²) in [4.78, 5) is 36.2. The van der Waals surface area contributed by atoms with E-state index in [0.29, 0.717) is 35.3 Å². The topological polar surface area (TPSA) is 81.7 Å². The lowest BCUT2D eigenvalue weighted by atomic mass is 9.93. The van der Waals surface area contributed by atoms with Crippen molar-refractivity contribution in [2.75, 3.05) is 0 Å². The van der Waals surface area contributed by atoms with Crippen molar-refractivity contribution >= 4 is 17.8 Å². The van der Waals surface area contributed by atoms with Crippen molar-refractivity contribution in [1.29, 1.82) is 0 Å². The van der Waals surface area contributed by atoms with Crippen molar-refractivity contribution in [3.05, 3.63) is 77.9 Å². The Bertz CT molecular complexity index is 912. The van der Waals surface area contributed by atoms with Gasteiger partial charge in [-0.15, -0.1) is 0 Å². The highest BCUT2D eigenvalue weighted by molar-refractivity contribution is 6.09. The molecular weight excluding hydrogens is 382 g/mol. The Kier molecular flexibility index (Phi) is 7.01. The largest absolute Gasteiger partial charge is 0.514 e. The van der Waals surface area contributed by atoms with E-state index in [1.807, 2.05) is 18.2 Å². The highest BCUT2D eigenvalue weighted by Gasteiger charge is 2.25. The summed E-state index contributed by atoms with van der Waals surface area (Å²) in [6.07, 6.45) is 1.75. The van der Waals surface area contributed by atoms with Crippen molar-refractivity contribution in [3.63, 3.8) is 0 Å². The molecule has 2 aromatic carbocycles. The fourth-order valence-corrected chi connectivity index (χ4v) is 3.32. The Morgan fingerprint density at radius 2 is 1.50 bits per heavy atom. The van der Waals surface area contributed by atoms with Crippen LogP contribution in [0, 0.1) is 0 Å². The van der Waals surface area contributed by atoms with Gasteiger partial charge in [0.1, 0.15) is 11.9 Å². The summed E-state index contributed by atoms with van der Waals surface area (Å²) in [6.45, 7) is 5.30. The fourth-order valence-electron chi connectivity index (χ4n) is 3.32. The fraction of sp³-hybridized carbons (Fsp3) is 0.292. The van der Waals surface area contributed by atoms with Gasteiger partial charge in [-0.3, -0.25) is 9.59 Å². The van der Waals surface area contributed by atoms with Gasteiger partial charge < -0.3 is 14.8 Å². The molecule has 0 heterocycles. The second-order valence-electron chi connectivity index (χ2n) is 7.42. The molecule has 1 N–H and O–H groups in total. The molecule has 6 nitrogen and oxygen atoms in total. The van der Waals surface area contributed by atoms with Crippen LogP contribution in [-0.4, -0.2) is 30.0 Å². The first kappa shape index (κ1) is 21.3. The average Bonchev–Trinajstić information content (AvgIpc) is 2.75. The van der Waals surface area contributed by atoms with Crippen LogP contribution in [0.25, 0.3) is 0 Å². The molecule has 1 aliphatic rings. The van der Waals surface area contributed by atoms with Crippen LogP contribution in [0.15, 0.2) is 66.7 Å². The number of carbonyl (C=O) groups is 3. The maximum atomic E-state index is 12.4. The van der Waals surface area contributed by atoms with Crippen LogP contribution in [-0.2, 0) is 9.53 Å². The molecular formula is C24H25NO5. The second kappa shape index (κ2) is 9.87. The Hall–Kier alpha value is -3.41. The highest BCUT2D eigenvalue weighted by atomic mass is 16.7. The minimum Gasteiger partial charge on any atom is -0.431 e. The van der Waals surface area contributed by atoms with Crippen molar-refractivity contribution in [2.24, 2.45) is 0 Å². The monoisotopic (exact) mass is 407 g/mol. The number of carbonyl (C=O) groups excluding carboxylic acids is 3. The van der Waals surface area contributed by atoms with Gasteiger partial charge in [0.15, 0.2) is 5.78 Å². The number of benzene rings is 2. The number of hydrogen-bond acceptors (Lipinski definition) is 5. The van der Waals surface area contributed by atoms with Gasteiger partial charge in [0.25, 0.3) is 0 Å². The van der Waals surface area contributed by atoms with Gasteiger partial charge in [-0.1, -0.05) is 36.9 Å². The van der Waals surface area contributed by atoms with E-state index in [0.717, 1.165) is 12.8 Å². The van der Waals surface area contributed by atoms with Gasteiger partial charge in [0.2, 0.25) is 5.91 Å². The summed E-state index contributed by atoms with van der Waals surface area (Å²) >= 11 is 0. The van der Waals surface area contributed by atoms with Crippen LogP contribution in [0.4, 0.5) is 4.79 Å². The minimum absolute atomic E-state index is 0.0692. The molecule has 0 spiro atoms. The molecule has 3 rings (SSSR count). The molecule has 1 saturated carbocycles. The molecule has 0 aromatic heterocycles. The molecule has 156 valence electrons. The standard InChI is InChI=1S/C24H25NO5/c1-16(2)23(27)25-19-10-14-21(15-11-19)30-24(28)29-20-12-8-18(9-13-20)22(26)17-6-4-3-5-7-17/h3-9,12-13,19,21H,1,10-11,14-15H2,2H3,(H,25,27). The minimum atomic E-state index is -0.772. The van der Waals surface area contributed by atoms with Crippen molar-refractivity contribution in [2.45, 2.75) is 44.8 Å². The summed E-state index contributed by atoms with van der Waals surface area (Å²) < 4.78 is 10.6. The van der Waals surface area contributed by atoms with Crippen molar-refractivity contribution in [1.82, 2.24) is 5.32 Å². The van der Waals surface area contributed by atoms with Crippen LogP contribution in [0.3, 0.4) is 0 Å². The first-order valence-corrected chi connectivity index (χ1v) is 9.97. The molecule has 1 aliphatic carbocycles. The van der Waals surface area contributed by atoms with Gasteiger partial charge in [0, 0.05) is 22.7 Å². The molecule has 1 fully saturated rings.